The molecule has 0 spiro atoms. The Labute approximate surface area is 107 Å². The van der Waals surface area contributed by atoms with Crippen LogP contribution >= 0.6 is 0 Å². The molecular formula is C12H20N4O2. The van der Waals surface area contributed by atoms with Crippen molar-refractivity contribution in [3.63, 3.8) is 0 Å². The molecule has 6 heteroatoms. The Morgan fingerprint density at radius 3 is 2.61 bits per heavy atom. The van der Waals surface area contributed by atoms with Crippen LogP contribution < -0.4 is 10.5 Å². The SMILES string of the molecule is COc1cc(C(=O)N2CC(N)(C(C)C)C2)nn1C. The first-order chi connectivity index (χ1) is 8.37. The lowest BCUT2D eigenvalue weighted by Crippen LogP contribution is -2.71. The van der Waals surface area contributed by atoms with Gasteiger partial charge in [-0.1, -0.05) is 13.8 Å². The smallest absolute Gasteiger partial charge is 0.274 e. The minimum atomic E-state index is -0.255. The number of ether oxygens (including phenoxy) is 1. The van der Waals surface area contributed by atoms with Gasteiger partial charge < -0.3 is 15.4 Å². The fraction of sp³-hybridized carbons (Fsp3) is 0.667. The average molecular weight is 252 g/mol. The number of carbonyl (C=O) groups excluding carboxylic acids is 1. The highest BCUT2D eigenvalue weighted by Gasteiger charge is 2.44. The first kappa shape index (κ1) is 12.9. The maximum atomic E-state index is 12.2. The second-order valence-corrected chi connectivity index (χ2v) is 5.24. The second kappa shape index (κ2) is 4.28. The lowest BCUT2D eigenvalue weighted by atomic mass is 9.80. The van der Waals surface area contributed by atoms with Crippen molar-refractivity contribution in [3.8, 4) is 5.88 Å². The van der Waals surface area contributed by atoms with E-state index in [4.69, 9.17) is 10.5 Å². The van der Waals surface area contributed by atoms with Crippen LogP contribution in [0.1, 0.15) is 24.3 Å². The zero-order valence-corrected chi connectivity index (χ0v) is 11.3. The van der Waals surface area contributed by atoms with Crippen molar-refractivity contribution in [2.24, 2.45) is 18.7 Å². The van der Waals surface area contributed by atoms with Gasteiger partial charge in [0.15, 0.2) is 5.69 Å². The van der Waals surface area contributed by atoms with Crippen LogP contribution in [0.5, 0.6) is 5.88 Å². The van der Waals surface area contributed by atoms with E-state index in [-0.39, 0.29) is 11.4 Å². The van der Waals surface area contributed by atoms with Crippen molar-refractivity contribution in [1.29, 1.82) is 0 Å². The van der Waals surface area contributed by atoms with E-state index >= 15 is 0 Å². The molecule has 0 radical (unpaired) electrons. The highest BCUT2D eigenvalue weighted by atomic mass is 16.5. The molecule has 0 bridgehead atoms. The minimum Gasteiger partial charge on any atom is -0.481 e. The Balaban J connectivity index is 2.06. The lowest BCUT2D eigenvalue weighted by molar-refractivity contribution is 0.0269. The van der Waals surface area contributed by atoms with E-state index in [1.807, 2.05) is 0 Å². The number of nitrogens with zero attached hydrogens (tertiary/aromatic N) is 3. The van der Waals surface area contributed by atoms with Crippen LogP contribution in [-0.2, 0) is 7.05 Å². The van der Waals surface area contributed by atoms with E-state index in [9.17, 15) is 4.79 Å². The van der Waals surface area contributed by atoms with E-state index < -0.39 is 0 Å². The molecule has 0 atom stereocenters. The topological polar surface area (TPSA) is 73.4 Å². The molecule has 1 aromatic rings. The predicted molar refractivity (Wildman–Crippen MR) is 67.4 cm³/mol. The molecule has 2 N–H and O–H groups in total. The molecular weight excluding hydrogens is 232 g/mol. The van der Waals surface area contributed by atoms with Gasteiger partial charge in [0.25, 0.3) is 5.91 Å². The van der Waals surface area contributed by atoms with Crippen LogP contribution in [0.3, 0.4) is 0 Å². The van der Waals surface area contributed by atoms with Gasteiger partial charge in [0.2, 0.25) is 5.88 Å². The van der Waals surface area contributed by atoms with Crippen LogP contribution in [0.15, 0.2) is 6.07 Å². The fourth-order valence-corrected chi connectivity index (χ4v) is 2.08. The third kappa shape index (κ3) is 1.96. The number of nitrogens with two attached hydrogens (primary N) is 1. The molecule has 6 nitrogen and oxygen atoms in total. The molecule has 2 rings (SSSR count). The molecule has 1 aromatic heterocycles. The van der Waals surface area contributed by atoms with Gasteiger partial charge in [-0.3, -0.25) is 4.79 Å². The van der Waals surface area contributed by atoms with Crippen LogP contribution in [0.2, 0.25) is 0 Å². The van der Waals surface area contributed by atoms with Gasteiger partial charge in [-0.05, 0) is 5.92 Å². The summed E-state index contributed by atoms with van der Waals surface area (Å²) in [5, 5.41) is 4.14. The van der Waals surface area contributed by atoms with Crippen molar-refractivity contribution >= 4 is 5.91 Å². The summed E-state index contributed by atoms with van der Waals surface area (Å²) in [4.78, 5) is 13.9. The Kier molecular flexibility index (Phi) is 3.06. The number of rotatable bonds is 3. The van der Waals surface area contributed by atoms with Crippen molar-refractivity contribution in [2.75, 3.05) is 20.2 Å². The molecule has 18 heavy (non-hydrogen) atoms. The van der Waals surface area contributed by atoms with Crippen LogP contribution in [0.25, 0.3) is 0 Å². The fourth-order valence-electron chi connectivity index (χ4n) is 2.08. The Bertz CT molecular complexity index is 461. The van der Waals surface area contributed by atoms with Gasteiger partial charge in [-0.25, -0.2) is 4.68 Å². The highest BCUT2D eigenvalue weighted by Crippen LogP contribution is 2.27. The van der Waals surface area contributed by atoms with Crippen molar-refractivity contribution in [3.05, 3.63) is 11.8 Å². The summed E-state index contributed by atoms with van der Waals surface area (Å²) >= 11 is 0. The normalized spacial score (nSPS) is 17.8. The Morgan fingerprint density at radius 1 is 1.56 bits per heavy atom. The molecule has 0 aromatic carbocycles. The Hall–Kier alpha value is -1.56. The van der Waals surface area contributed by atoms with E-state index in [0.717, 1.165) is 0 Å². The first-order valence-corrected chi connectivity index (χ1v) is 6.03. The number of likely N-dealkylation sites (tertiary alicyclic amines) is 1. The van der Waals surface area contributed by atoms with Crippen LogP contribution in [0, 0.1) is 5.92 Å². The van der Waals surface area contributed by atoms with Gasteiger partial charge in [-0.2, -0.15) is 5.10 Å². The maximum Gasteiger partial charge on any atom is 0.274 e. The highest BCUT2D eigenvalue weighted by molar-refractivity contribution is 5.93. The standard InChI is InChI=1S/C12H20N4O2/c1-8(2)12(13)6-16(7-12)11(17)9-5-10(18-4)15(3)14-9/h5,8H,6-7,13H2,1-4H3. The van der Waals surface area contributed by atoms with Crippen LogP contribution in [-0.4, -0.2) is 46.3 Å². The summed E-state index contributed by atoms with van der Waals surface area (Å²) in [6, 6.07) is 1.65. The number of amides is 1. The number of methoxy groups -OCH3 is 1. The van der Waals surface area contributed by atoms with Crippen molar-refractivity contribution in [1.82, 2.24) is 14.7 Å². The minimum absolute atomic E-state index is 0.0874. The first-order valence-electron chi connectivity index (χ1n) is 6.03. The largest absolute Gasteiger partial charge is 0.481 e. The molecule has 1 aliphatic rings. The van der Waals surface area contributed by atoms with E-state index in [1.54, 1.807) is 29.8 Å². The number of carbonyl (C=O) groups is 1. The quantitative estimate of drug-likeness (QED) is 0.836. The van der Waals surface area contributed by atoms with Crippen molar-refractivity contribution < 1.29 is 9.53 Å². The molecule has 1 amide bonds. The summed E-state index contributed by atoms with van der Waals surface area (Å²) in [6.45, 7) is 5.32. The van der Waals surface area contributed by atoms with Crippen molar-refractivity contribution in [2.45, 2.75) is 19.4 Å². The predicted octanol–water partition coefficient (Wildman–Crippen LogP) is 0.238. The number of hydrogen-bond donors (Lipinski definition) is 1. The Morgan fingerprint density at radius 2 is 2.17 bits per heavy atom. The number of aromatic nitrogens is 2. The van der Waals surface area contributed by atoms with E-state index in [2.05, 4.69) is 18.9 Å². The van der Waals surface area contributed by atoms with Gasteiger partial charge in [-0.15, -0.1) is 0 Å². The summed E-state index contributed by atoms with van der Waals surface area (Å²) in [5.41, 5.74) is 6.32. The molecule has 100 valence electrons. The van der Waals surface area contributed by atoms with Gasteiger partial charge in [0, 0.05) is 26.2 Å². The van der Waals surface area contributed by atoms with E-state index in [0.29, 0.717) is 30.6 Å². The number of aryl methyl sites for hydroxylation is 1. The van der Waals surface area contributed by atoms with Crippen LogP contribution in [0.4, 0.5) is 0 Å². The second-order valence-electron chi connectivity index (χ2n) is 5.24. The average Bonchev–Trinajstić information content (AvgIpc) is 2.65. The summed E-state index contributed by atoms with van der Waals surface area (Å²) < 4.78 is 6.64. The zero-order valence-electron chi connectivity index (χ0n) is 11.3. The molecule has 1 fully saturated rings. The molecule has 2 heterocycles. The summed E-state index contributed by atoms with van der Waals surface area (Å²) in [6.07, 6.45) is 0. The molecule has 0 saturated carbocycles. The number of hydrogen-bond acceptors (Lipinski definition) is 4. The van der Waals surface area contributed by atoms with Gasteiger partial charge >= 0.3 is 0 Å². The zero-order chi connectivity index (χ0) is 13.5. The summed E-state index contributed by atoms with van der Waals surface area (Å²) in [7, 11) is 3.30. The monoisotopic (exact) mass is 252 g/mol. The van der Waals surface area contributed by atoms with E-state index in [1.165, 1.54) is 0 Å². The lowest BCUT2D eigenvalue weighted by Gasteiger charge is -2.50. The molecule has 0 unspecified atom stereocenters. The third-order valence-electron chi connectivity index (χ3n) is 3.67. The summed E-state index contributed by atoms with van der Waals surface area (Å²) in [5.74, 6) is 0.845. The molecule has 1 saturated heterocycles. The third-order valence-corrected chi connectivity index (χ3v) is 3.67. The maximum absolute atomic E-state index is 12.2. The molecule has 1 aliphatic heterocycles. The van der Waals surface area contributed by atoms with Gasteiger partial charge in [0.05, 0.1) is 12.6 Å². The molecule has 0 aliphatic carbocycles. The van der Waals surface area contributed by atoms with Gasteiger partial charge in [0.1, 0.15) is 0 Å².